The number of benzene rings is 1. The maximum absolute atomic E-state index is 13.4. The lowest BCUT2D eigenvalue weighted by Crippen LogP contribution is -2.64. The fourth-order valence-electron chi connectivity index (χ4n) is 6.11. The number of hydrogen-bond donors (Lipinski definition) is 1. The highest BCUT2D eigenvalue weighted by Crippen LogP contribution is 2.34. The molecule has 1 atom stereocenters. The molecule has 0 aliphatic carbocycles. The number of nitrogens with zero attached hydrogens (tertiary/aromatic N) is 4. The maximum Gasteiger partial charge on any atom is 0.255 e. The molecule has 2 aliphatic heterocycles. The minimum Gasteiger partial charge on any atom is -0.367 e. The van der Waals surface area contributed by atoms with Gasteiger partial charge in [-0.05, 0) is 75.5 Å². The summed E-state index contributed by atoms with van der Waals surface area (Å²) in [5.41, 5.74) is 1.35. The third-order valence-electron chi connectivity index (χ3n) is 8.34. The van der Waals surface area contributed by atoms with Crippen LogP contribution in [0, 0.1) is 0 Å². The number of aromatic nitrogens is 1. The fourth-order valence-corrected chi connectivity index (χ4v) is 6.42. The molecule has 38 heavy (non-hydrogen) atoms. The standard InChI is InChI=1S/C29H41Cl2N5O2/c1-33(2)28(38)29(36-14-5-4-6-15-36)11-17-35(18-12-29)16-10-24(22-7-8-25(30)26(31)19-22)21-34(3)27(37)23-9-13-32-20-23/h7-9,13,19-20,24,32H,4-6,10-12,14-18,21H2,1-3H3. The lowest BCUT2D eigenvalue weighted by atomic mass is 9.82. The van der Waals surface area contributed by atoms with Crippen molar-refractivity contribution in [3.05, 3.63) is 57.8 Å². The van der Waals surface area contributed by atoms with Gasteiger partial charge in [-0.1, -0.05) is 35.7 Å². The van der Waals surface area contributed by atoms with Gasteiger partial charge >= 0.3 is 0 Å². The molecule has 1 N–H and O–H groups in total. The minimum atomic E-state index is -0.382. The Labute approximate surface area is 237 Å². The van der Waals surface area contributed by atoms with Crippen LogP contribution >= 0.6 is 23.2 Å². The summed E-state index contributed by atoms with van der Waals surface area (Å²) >= 11 is 12.6. The van der Waals surface area contributed by atoms with Crippen molar-refractivity contribution in [2.75, 3.05) is 60.4 Å². The van der Waals surface area contributed by atoms with E-state index in [9.17, 15) is 9.59 Å². The fraction of sp³-hybridized carbons (Fsp3) is 0.586. The van der Waals surface area contributed by atoms with Gasteiger partial charge in [-0.2, -0.15) is 0 Å². The Kier molecular flexibility index (Phi) is 9.79. The van der Waals surface area contributed by atoms with Gasteiger partial charge in [-0.15, -0.1) is 0 Å². The van der Waals surface area contributed by atoms with Crippen molar-refractivity contribution in [2.24, 2.45) is 0 Å². The molecule has 4 rings (SSSR count). The quantitative estimate of drug-likeness (QED) is 0.469. The van der Waals surface area contributed by atoms with Crippen LogP contribution in [0.3, 0.4) is 0 Å². The predicted octanol–water partition coefficient (Wildman–Crippen LogP) is 4.98. The van der Waals surface area contributed by atoms with E-state index in [4.69, 9.17) is 23.2 Å². The second-order valence-corrected chi connectivity index (χ2v) is 11.9. The summed E-state index contributed by atoms with van der Waals surface area (Å²) in [6.45, 7) is 5.28. The van der Waals surface area contributed by atoms with Gasteiger partial charge in [-0.3, -0.25) is 14.5 Å². The lowest BCUT2D eigenvalue weighted by Gasteiger charge is -2.50. The van der Waals surface area contributed by atoms with Gasteiger partial charge in [0.15, 0.2) is 0 Å². The number of H-pyrrole nitrogens is 1. The summed E-state index contributed by atoms with van der Waals surface area (Å²) in [5.74, 6) is 0.343. The molecule has 2 amide bonds. The zero-order valence-corrected chi connectivity index (χ0v) is 24.4. The Hall–Kier alpha value is -2.06. The van der Waals surface area contributed by atoms with Crippen LogP contribution in [0.15, 0.2) is 36.7 Å². The van der Waals surface area contributed by atoms with E-state index in [0.717, 1.165) is 57.5 Å². The number of aromatic amines is 1. The van der Waals surface area contributed by atoms with Crippen LogP contribution in [0.5, 0.6) is 0 Å². The molecule has 0 bridgehead atoms. The summed E-state index contributed by atoms with van der Waals surface area (Å²) in [6.07, 6.45) is 9.68. The number of halogens is 2. The van der Waals surface area contributed by atoms with Crippen molar-refractivity contribution in [3.63, 3.8) is 0 Å². The third-order valence-corrected chi connectivity index (χ3v) is 9.08. The van der Waals surface area contributed by atoms with E-state index < -0.39 is 0 Å². The van der Waals surface area contributed by atoms with Crippen LogP contribution in [-0.4, -0.2) is 102 Å². The molecule has 1 unspecified atom stereocenters. The summed E-state index contributed by atoms with van der Waals surface area (Å²) in [5, 5.41) is 1.06. The number of rotatable bonds is 9. The van der Waals surface area contributed by atoms with Crippen LogP contribution in [0.4, 0.5) is 0 Å². The second-order valence-electron chi connectivity index (χ2n) is 11.1. The van der Waals surface area contributed by atoms with Crippen molar-refractivity contribution in [3.8, 4) is 0 Å². The van der Waals surface area contributed by atoms with Crippen LogP contribution in [-0.2, 0) is 4.79 Å². The molecule has 1 aromatic heterocycles. The minimum absolute atomic E-state index is 0.0113. The number of carbonyl (C=O) groups is 2. The van der Waals surface area contributed by atoms with Crippen LogP contribution in [0.2, 0.25) is 10.0 Å². The first-order chi connectivity index (χ1) is 18.2. The SMILES string of the molecule is CN(C)C(=O)C1(N2CCCCC2)CCN(CCC(CN(C)C(=O)c2cc[nH]c2)c2ccc(Cl)c(Cl)c2)CC1. The van der Waals surface area contributed by atoms with Crippen LogP contribution < -0.4 is 0 Å². The van der Waals surface area contributed by atoms with Gasteiger partial charge in [0.2, 0.25) is 5.91 Å². The highest BCUT2D eigenvalue weighted by atomic mass is 35.5. The van der Waals surface area contributed by atoms with Gasteiger partial charge in [0.05, 0.1) is 15.6 Å². The van der Waals surface area contributed by atoms with Crippen LogP contribution in [0.1, 0.15) is 60.4 Å². The topological polar surface area (TPSA) is 62.9 Å². The lowest BCUT2D eigenvalue weighted by molar-refractivity contribution is -0.147. The monoisotopic (exact) mass is 561 g/mol. The van der Waals surface area contributed by atoms with Crippen molar-refractivity contribution in [2.45, 2.75) is 50.0 Å². The smallest absolute Gasteiger partial charge is 0.255 e. The van der Waals surface area contributed by atoms with Crippen molar-refractivity contribution in [1.82, 2.24) is 24.6 Å². The molecule has 7 nitrogen and oxygen atoms in total. The highest BCUT2D eigenvalue weighted by molar-refractivity contribution is 6.42. The number of likely N-dealkylation sites (tertiary alicyclic amines) is 2. The van der Waals surface area contributed by atoms with Gasteiger partial charge in [0.25, 0.3) is 5.91 Å². The van der Waals surface area contributed by atoms with Crippen molar-refractivity contribution >= 4 is 35.0 Å². The Morgan fingerprint density at radius 3 is 2.32 bits per heavy atom. The van der Waals surface area contributed by atoms with E-state index in [1.165, 1.54) is 19.3 Å². The highest BCUT2D eigenvalue weighted by Gasteiger charge is 2.47. The first kappa shape index (κ1) is 28.9. The first-order valence-corrected chi connectivity index (χ1v) is 14.5. The molecule has 0 saturated carbocycles. The normalized spacial score (nSPS) is 19.2. The van der Waals surface area contributed by atoms with Crippen molar-refractivity contribution < 1.29 is 9.59 Å². The Balaban J connectivity index is 1.44. The molecule has 1 aromatic carbocycles. The number of carbonyl (C=O) groups excluding carboxylic acids is 2. The third kappa shape index (κ3) is 6.56. The summed E-state index contributed by atoms with van der Waals surface area (Å²) < 4.78 is 0. The van der Waals surface area contributed by atoms with Gasteiger partial charge < -0.3 is 19.7 Å². The first-order valence-electron chi connectivity index (χ1n) is 13.7. The summed E-state index contributed by atoms with van der Waals surface area (Å²) in [4.78, 5) is 37.8. The van der Waals surface area contributed by atoms with Gasteiger partial charge in [0, 0.05) is 59.1 Å². The molecule has 9 heteroatoms. The largest absolute Gasteiger partial charge is 0.367 e. The molecule has 208 valence electrons. The van der Waals surface area contributed by atoms with Crippen LogP contribution in [0.25, 0.3) is 0 Å². The molecule has 2 fully saturated rings. The number of hydrogen-bond acceptors (Lipinski definition) is 4. The van der Waals surface area contributed by atoms with E-state index in [1.807, 2.05) is 39.3 Å². The molecule has 2 saturated heterocycles. The van der Waals surface area contributed by atoms with E-state index in [1.54, 1.807) is 28.3 Å². The number of piperidine rings is 2. The number of likely N-dealkylation sites (N-methyl/N-ethyl adjacent to an activating group) is 2. The van der Waals surface area contributed by atoms with E-state index in [0.29, 0.717) is 22.2 Å². The average Bonchev–Trinajstić information content (AvgIpc) is 3.47. The Morgan fingerprint density at radius 2 is 1.71 bits per heavy atom. The Morgan fingerprint density at radius 1 is 1.00 bits per heavy atom. The Bertz CT molecular complexity index is 1080. The van der Waals surface area contributed by atoms with E-state index >= 15 is 0 Å². The van der Waals surface area contributed by atoms with E-state index in [-0.39, 0.29) is 23.3 Å². The molecular formula is C29H41Cl2N5O2. The number of nitrogens with one attached hydrogen (secondary N) is 1. The number of amides is 2. The molecule has 0 spiro atoms. The van der Waals surface area contributed by atoms with Crippen molar-refractivity contribution in [1.29, 1.82) is 0 Å². The molecule has 2 aliphatic rings. The van der Waals surface area contributed by atoms with Gasteiger partial charge in [0.1, 0.15) is 5.54 Å². The predicted molar refractivity (Wildman–Crippen MR) is 154 cm³/mol. The molecule has 0 radical (unpaired) electrons. The van der Waals surface area contributed by atoms with Gasteiger partial charge in [-0.25, -0.2) is 0 Å². The second kappa shape index (κ2) is 12.9. The molecule has 2 aromatic rings. The summed E-state index contributed by atoms with van der Waals surface area (Å²) in [7, 11) is 5.61. The average molecular weight is 563 g/mol. The summed E-state index contributed by atoms with van der Waals surface area (Å²) in [6, 6.07) is 7.57. The zero-order chi connectivity index (χ0) is 27.3. The zero-order valence-electron chi connectivity index (χ0n) is 22.9. The molecular weight excluding hydrogens is 521 g/mol. The molecule has 3 heterocycles. The van der Waals surface area contributed by atoms with E-state index in [2.05, 4.69) is 14.8 Å². The maximum atomic E-state index is 13.4.